The van der Waals surface area contributed by atoms with Gasteiger partial charge in [-0.25, -0.2) is 0 Å². The predicted octanol–water partition coefficient (Wildman–Crippen LogP) is 4.65. The van der Waals surface area contributed by atoms with Crippen LogP contribution in [0, 0.1) is 5.92 Å². The van der Waals surface area contributed by atoms with Crippen LogP contribution in [-0.2, 0) is 16.1 Å². The van der Waals surface area contributed by atoms with Crippen molar-refractivity contribution in [2.24, 2.45) is 5.92 Å². The van der Waals surface area contributed by atoms with Gasteiger partial charge >= 0.3 is 0 Å². The lowest BCUT2D eigenvalue weighted by molar-refractivity contribution is -0.141. The first kappa shape index (κ1) is 21.9. The van der Waals surface area contributed by atoms with Crippen molar-refractivity contribution in [1.82, 2.24) is 9.80 Å². The topological polar surface area (TPSA) is 49.9 Å². The molecule has 1 aliphatic heterocycles. The number of nitrogens with zero attached hydrogens (tertiary/aromatic N) is 2. The second kappa shape index (κ2) is 10.3. The zero-order chi connectivity index (χ0) is 21.6. The van der Waals surface area contributed by atoms with Crippen molar-refractivity contribution in [3.63, 3.8) is 0 Å². The van der Waals surface area contributed by atoms with E-state index in [9.17, 15) is 9.59 Å². The summed E-state index contributed by atoms with van der Waals surface area (Å²) in [5.41, 5.74) is 1.15. The standard InChI is InChI=1S/C25H29BrN2O3/c26-21-6-4-5-19(17-21)18-28(22-9-10-22)25(30)20-11-14-27(15-12-20)24(29)13-16-31-23-7-2-1-3-8-23/h1-8,17,20,22H,9-16,18H2. The molecule has 2 aliphatic rings. The summed E-state index contributed by atoms with van der Waals surface area (Å²) in [5.74, 6) is 1.15. The van der Waals surface area contributed by atoms with E-state index in [0.29, 0.717) is 38.7 Å². The molecule has 0 radical (unpaired) electrons. The average molecular weight is 485 g/mol. The highest BCUT2D eigenvalue weighted by Crippen LogP contribution is 2.32. The van der Waals surface area contributed by atoms with Crippen LogP contribution in [0.4, 0.5) is 0 Å². The van der Waals surface area contributed by atoms with E-state index in [2.05, 4.69) is 33.0 Å². The Labute approximate surface area is 192 Å². The molecule has 1 saturated heterocycles. The predicted molar refractivity (Wildman–Crippen MR) is 124 cm³/mol. The first-order valence-corrected chi connectivity index (χ1v) is 11.9. The van der Waals surface area contributed by atoms with Crippen LogP contribution < -0.4 is 4.74 Å². The molecule has 1 aliphatic carbocycles. The van der Waals surface area contributed by atoms with Gasteiger partial charge in [0.25, 0.3) is 0 Å². The van der Waals surface area contributed by atoms with Gasteiger partial charge in [-0.15, -0.1) is 0 Å². The number of para-hydroxylation sites is 1. The molecule has 31 heavy (non-hydrogen) atoms. The summed E-state index contributed by atoms with van der Waals surface area (Å²) in [5, 5.41) is 0. The van der Waals surface area contributed by atoms with Gasteiger partial charge in [0.1, 0.15) is 5.75 Å². The Morgan fingerprint density at radius 2 is 1.74 bits per heavy atom. The monoisotopic (exact) mass is 484 g/mol. The van der Waals surface area contributed by atoms with E-state index in [1.807, 2.05) is 47.4 Å². The third-order valence-corrected chi connectivity index (χ3v) is 6.53. The molecule has 2 aromatic carbocycles. The molecule has 164 valence electrons. The van der Waals surface area contributed by atoms with Gasteiger partial charge in [0, 0.05) is 36.1 Å². The number of benzene rings is 2. The maximum Gasteiger partial charge on any atom is 0.226 e. The highest BCUT2D eigenvalue weighted by molar-refractivity contribution is 9.10. The maximum absolute atomic E-state index is 13.3. The van der Waals surface area contributed by atoms with E-state index >= 15 is 0 Å². The van der Waals surface area contributed by atoms with Crippen molar-refractivity contribution in [3.05, 3.63) is 64.6 Å². The molecule has 6 heteroatoms. The third-order valence-electron chi connectivity index (χ3n) is 6.04. The summed E-state index contributed by atoms with van der Waals surface area (Å²) in [6.07, 6.45) is 4.04. The van der Waals surface area contributed by atoms with E-state index in [-0.39, 0.29) is 17.7 Å². The minimum Gasteiger partial charge on any atom is -0.493 e. The number of hydrogen-bond donors (Lipinski definition) is 0. The van der Waals surface area contributed by atoms with Crippen LogP contribution in [0.2, 0.25) is 0 Å². The molecule has 0 aromatic heterocycles. The third kappa shape index (κ3) is 6.10. The van der Waals surface area contributed by atoms with Crippen LogP contribution in [0.15, 0.2) is 59.1 Å². The van der Waals surface area contributed by atoms with Gasteiger partial charge < -0.3 is 14.5 Å². The molecule has 0 unspecified atom stereocenters. The van der Waals surface area contributed by atoms with Gasteiger partial charge in [-0.05, 0) is 55.5 Å². The van der Waals surface area contributed by atoms with Gasteiger partial charge in [0.15, 0.2) is 0 Å². The summed E-state index contributed by atoms with van der Waals surface area (Å²) in [4.78, 5) is 29.8. The van der Waals surface area contributed by atoms with E-state index in [1.54, 1.807) is 0 Å². The Morgan fingerprint density at radius 1 is 1.00 bits per heavy atom. The van der Waals surface area contributed by atoms with Crippen molar-refractivity contribution in [1.29, 1.82) is 0 Å². The van der Waals surface area contributed by atoms with Gasteiger partial charge in [-0.3, -0.25) is 9.59 Å². The molecule has 5 nitrogen and oxygen atoms in total. The molecule has 0 N–H and O–H groups in total. The van der Waals surface area contributed by atoms with Crippen molar-refractivity contribution in [3.8, 4) is 5.75 Å². The SMILES string of the molecule is O=C(CCOc1ccccc1)N1CCC(C(=O)N(Cc2cccc(Br)c2)C2CC2)CC1. The fourth-order valence-electron chi connectivity index (χ4n) is 4.15. The molecular formula is C25H29BrN2O3. The summed E-state index contributed by atoms with van der Waals surface area (Å²) in [6.45, 7) is 2.34. The molecule has 1 saturated carbocycles. The number of carbonyl (C=O) groups excluding carboxylic acids is 2. The van der Waals surface area contributed by atoms with E-state index < -0.39 is 0 Å². The van der Waals surface area contributed by atoms with Crippen LogP contribution >= 0.6 is 15.9 Å². The van der Waals surface area contributed by atoms with Crippen LogP contribution in [0.5, 0.6) is 5.75 Å². The quantitative estimate of drug-likeness (QED) is 0.547. The zero-order valence-corrected chi connectivity index (χ0v) is 19.3. The number of ether oxygens (including phenoxy) is 1. The lowest BCUT2D eigenvalue weighted by atomic mass is 9.94. The van der Waals surface area contributed by atoms with Gasteiger partial charge in [-0.2, -0.15) is 0 Å². The molecule has 2 aromatic rings. The average Bonchev–Trinajstić information content (AvgIpc) is 3.63. The molecule has 1 heterocycles. The zero-order valence-electron chi connectivity index (χ0n) is 17.7. The number of carbonyl (C=O) groups is 2. The van der Waals surface area contributed by atoms with E-state index in [4.69, 9.17) is 4.74 Å². The number of piperidine rings is 1. The fourth-order valence-corrected chi connectivity index (χ4v) is 4.59. The fraction of sp³-hybridized carbons (Fsp3) is 0.440. The number of halogens is 1. The van der Waals surface area contributed by atoms with Crippen molar-refractivity contribution < 1.29 is 14.3 Å². The van der Waals surface area contributed by atoms with Gasteiger partial charge in [0.05, 0.1) is 13.0 Å². The Balaban J connectivity index is 1.25. The summed E-state index contributed by atoms with van der Waals surface area (Å²) >= 11 is 3.52. The van der Waals surface area contributed by atoms with Gasteiger partial charge in [0.2, 0.25) is 11.8 Å². The maximum atomic E-state index is 13.3. The highest BCUT2D eigenvalue weighted by Gasteiger charge is 2.37. The number of likely N-dealkylation sites (tertiary alicyclic amines) is 1. The summed E-state index contributed by atoms with van der Waals surface area (Å²) < 4.78 is 6.68. The molecule has 2 amide bonds. The van der Waals surface area contributed by atoms with Gasteiger partial charge in [-0.1, -0.05) is 46.3 Å². The van der Waals surface area contributed by atoms with Crippen molar-refractivity contribution in [2.45, 2.75) is 44.7 Å². The number of rotatable bonds is 8. The first-order chi connectivity index (χ1) is 15.1. The molecule has 4 rings (SSSR count). The molecule has 0 atom stereocenters. The van der Waals surface area contributed by atoms with E-state index in [1.165, 1.54) is 0 Å². The highest BCUT2D eigenvalue weighted by atomic mass is 79.9. The summed E-state index contributed by atoms with van der Waals surface area (Å²) in [7, 11) is 0. The van der Waals surface area contributed by atoms with Crippen LogP contribution in [0.3, 0.4) is 0 Å². The van der Waals surface area contributed by atoms with Crippen LogP contribution in [-0.4, -0.2) is 47.4 Å². The smallest absolute Gasteiger partial charge is 0.226 e. The second-order valence-electron chi connectivity index (χ2n) is 8.39. The lowest BCUT2D eigenvalue weighted by Crippen LogP contribution is -2.45. The van der Waals surface area contributed by atoms with E-state index in [0.717, 1.165) is 41.5 Å². The normalized spacial score (nSPS) is 16.7. The molecule has 2 fully saturated rings. The minimum absolute atomic E-state index is 0.0115. The Bertz CT molecular complexity index is 893. The Morgan fingerprint density at radius 3 is 2.42 bits per heavy atom. The van der Waals surface area contributed by atoms with Crippen molar-refractivity contribution >= 4 is 27.7 Å². The molecule has 0 spiro atoms. The Kier molecular flexibility index (Phi) is 7.28. The first-order valence-electron chi connectivity index (χ1n) is 11.1. The minimum atomic E-state index is 0.0115. The Hall–Kier alpha value is -2.34. The second-order valence-corrected chi connectivity index (χ2v) is 9.31. The number of hydrogen-bond acceptors (Lipinski definition) is 3. The summed E-state index contributed by atoms with van der Waals surface area (Å²) in [6, 6.07) is 18.1. The molecular weight excluding hydrogens is 456 g/mol. The lowest BCUT2D eigenvalue weighted by Gasteiger charge is -2.34. The largest absolute Gasteiger partial charge is 0.493 e. The molecule has 0 bridgehead atoms. The van der Waals surface area contributed by atoms with Crippen molar-refractivity contribution in [2.75, 3.05) is 19.7 Å². The van der Waals surface area contributed by atoms with Crippen LogP contribution in [0.1, 0.15) is 37.7 Å². The number of amides is 2. The van der Waals surface area contributed by atoms with Crippen LogP contribution in [0.25, 0.3) is 0 Å².